The molecular formula is C20H32O4. The number of phenols is 2. The molecule has 0 aliphatic carbocycles. The van der Waals surface area contributed by atoms with Crippen molar-refractivity contribution < 1.29 is 19.7 Å². The monoisotopic (exact) mass is 336 g/mol. The third-order valence-corrected chi connectivity index (χ3v) is 4.32. The van der Waals surface area contributed by atoms with Crippen LogP contribution in [0.15, 0.2) is 6.08 Å². The standard InChI is InChI=1S/C20H32O4/c1-5-6-7-8-9-10-11-12-13-14-16-15(2)17(21)19(23-3)20(24-4)18(16)22/h13-14,21-22H,5-12H2,1-4H3. The van der Waals surface area contributed by atoms with Gasteiger partial charge in [-0.3, -0.25) is 0 Å². The van der Waals surface area contributed by atoms with Crippen molar-refractivity contribution in [2.75, 3.05) is 14.2 Å². The lowest BCUT2D eigenvalue weighted by atomic mass is 10.0. The first-order valence-corrected chi connectivity index (χ1v) is 8.91. The number of unbranched alkanes of at least 4 members (excludes halogenated alkanes) is 7. The van der Waals surface area contributed by atoms with Gasteiger partial charge in [-0.05, 0) is 19.8 Å². The van der Waals surface area contributed by atoms with Crippen LogP contribution in [0, 0.1) is 6.92 Å². The Morgan fingerprint density at radius 3 is 1.96 bits per heavy atom. The molecule has 4 nitrogen and oxygen atoms in total. The van der Waals surface area contributed by atoms with Crippen molar-refractivity contribution >= 4 is 6.08 Å². The van der Waals surface area contributed by atoms with Crippen LogP contribution in [0.25, 0.3) is 6.08 Å². The van der Waals surface area contributed by atoms with Gasteiger partial charge in [-0.15, -0.1) is 0 Å². The molecule has 0 radical (unpaired) electrons. The fourth-order valence-corrected chi connectivity index (χ4v) is 2.82. The summed E-state index contributed by atoms with van der Waals surface area (Å²) in [6.45, 7) is 3.98. The molecule has 0 heterocycles. The Morgan fingerprint density at radius 2 is 1.38 bits per heavy atom. The summed E-state index contributed by atoms with van der Waals surface area (Å²) >= 11 is 0. The number of methoxy groups -OCH3 is 2. The summed E-state index contributed by atoms with van der Waals surface area (Å²) in [5, 5.41) is 20.6. The highest BCUT2D eigenvalue weighted by Crippen LogP contribution is 2.48. The van der Waals surface area contributed by atoms with E-state index in [0.717, 1.165) is 12.8 Å². The van der Waals surface area contributed by atoms with Gasteiger partial charge in [0.2, 0.25) is 11.5 Å². The molecule has 0 fully saturated rings. The normalized spacial score (nSPS) is 11.2. The Hall–Kier alpha value is -1.84. The molecule has 0 aliphatic heterocycles. The fraction of sp³-hybridized carbons (Fsp3) is 0.600. The first-order valence-electron chi connectivity index (χ1n) is 8.91. The number of aromatic hydroxyl groups is 2. The van der Waals surface area contributed by atoms with E-state index in [-0.39, 0.29) is 23.0 Å². The van der Waals surface area contributed by atoms with E-state index in [2.05, 4.69) is 6.92 Å². The van der Waals surface area contributed by atoms with E-state index in [4.69, 9.17) is 9.47 Å². The average molecular weight is 336 g/mol. The molecular weight excluding hydrogens is 304 g/mol. The zero-order valence-electron chi connectivity index (χ0n) is 15.5. The minimum absolute atomic E-state index is 0.000431. The molecule has 0 bridgehead atoms. The molecule has 1 rings (SSSR count). The maximum Gasteiger partial charge on any atom is 0.207 e. The van der Waals surface area contributed by atoms with Crippen molar-refractivity contribution in [3.05, 3.63) is 17.2 Å². The maximum absolute atomic E-state index is 10.4. The van der Waals surface area contributed by atoms with Crippen LogP contribution >= 0.6 is 0 Å². The highest BCUT2D eigenvalue weighted by Gasteiger charge is 2.21. The summed E-state index contributed by atoms with van der Waals surface area (Å²) in [6, 6.07) is 0. The molecule has 136 valence electrons. The lowest BCUT2D eigenvalue weighted by molar-refractivity contribution is 0.315. The SMILES string of the molecule is CCCCCCCCCC=Cc1c(C)c(O)c(OC)c(OC)c1O. The zero-order chi connectivity index (χ0) is 17.9. The molecule has 0 aromatic heterocycles. The summed E-state index contributed by atoms with van der Waals surface area (Å²) < 4.78 is 10.3. The van der Waals surface area contributed by atoms with Gasteiger partial charge in [0.1, 0.15) is 0 Å². The quantitative estimate of drug-likeness (QED) is 0.409. The largest absolute Gasteiger partial charge is 0.504 e. The lowest BCUT2D eigenvalue weighted by Gasteiger charge is -2.16. The van der Waals surface area contributed by atoms with Crippen molar-refractivity contribution in [2.45, 2.75) is 65.2 Å². The third-order valence-electron chi connectivity index (χ3n) is 4.32. The molecule has 4 heteroatoms. The van der Waals surface area contributed by atoms with Gasteiger partial charge in [0.15, 0.2) is 11.5 Å². The first-order chi connectivity index (χ1) is 11.6. The van der Waals surface area contributed by atoms with Crippen molar-refractivity contribution in [3.8, 4) is 23.0 Å². The lowest BCUT2D eigenvalue weighted by Crippen LogP contribution is -1.96. The van der Waals surface area contributed by atoms with Crippen LogP contribution in [0.4, 0.5) is 0 Å². The Morgan fingerprint density at radius 1 is 0.833 bits per heavy atom. The minimum Gasteiger partial charge on any atom is -0.504 e. The second-order valence-electron chi connectivity index (χ2n) is 6.11. The van der Waals surface area contributed by atoms with Gasteiger partial charge in [-0.2, -0.15) is 0 Å². The number of hydrogen-bond donors (Lipinski definition) is 2. The van der Waals surface area contributed by atoms with Crippen molar-refractivity contribution in [1.29, 1.82) is 0 Å². The van der Waals surface area contributed by atoms with Crippen LogP contribution in [-0.4, -0.2) is 24.4 Å². The number of hydrogen-bond acceptors (Lipinski definition) is 4. The zero-order valence-corrected chi connectivity index (χ0v) is 15.5. The molecule has 0 amide bonds. The topological polar surface area (TPSA) is 58.9 Å². The van der Waals surface area contributed by atoms with Gasteiger partial charge in [-0.25, -0.2) is 0 Å². The van der Waals surface area contributed by atoms with E-state index < -0.39 is 0 Å². The van der Waals surface area contributed by atoms with E-state index in [0.29, 0.717) is 11.1 Å². The van der Waals surface area contributed by atoms with Gasteiger partial charge in [0, 0.05) is 11.1 Å². The molecule has 0 spiro atoms. The number of benzene rings is 1. The fourth-order valence-electron chi connectivity index (χ4n) is 2.82. The van der Waals surface area contributed by atoms with Gasteiger partial charge in [0.25, 0.3) is 0 Å². The van der Waals surface area contributed by atoms with Crippen molar-refractivity contribution in [1.82, 2.24) is 0 Å². The van der Waals surface area contributed by atoms with Crippen molar-refractivity contribution in [3.63, 3.8) is 0 Å². The molecule has 1 aromatic carbocycles. The highest BCUT2D eigenvalue weighted by atomic mass is 16.5. The predicted molar refractivity (Wildman–Crippen MR) is 99.3 cm³/mol. The highest BCUT2D eigenvalue weighted by molar-refractivity contribution is 5.74. The molecule has 2 N–H and O–H groups in total. The van der Waals surface area contributed by atoms with E-state index >= 15 is 0 Å². The average Bonchev–Trinajstić information content (AvgIpc) is 2.58. The van der Waals surface area contributed by atoms with Crippen LogP contribution < -0.4 is 9.47 Å². The first kappa shape index (κ1) is 20.2. The molecule has 0 saturated carbocycles. The van der Waals surface area contributed by atoms with Gasteiger partial charge in [-0.1, -0.05) is 57.6 Å². The number of ether oxygens (including phenoxy) is 2. The van der Waals surface area contributed by atoms with Crippen LogP contribution in [0.1, 0.15) is 69.4 Å². The molecule has 1 aromatic rings. The summed E-state index contributed by atoms with van der Waals surface area (Å²) in [5.41, 5.74) is 1.16. The van der Waals surface area contributed by atoms with E-state index in [1.807, 2.05) is 12.2 Å². The Labute approximate surface area is 146 Å². The van der Waals surface area contributed by atoms with Crippen LogP contribution in [0.2, 0.25) is 0 Å². The van der Waals surface area contributed by atoms with Crippen molar-refractivity contribution in [2.24, 2.45) is 0 Å². The molecule has 0 atom stereocenters. The Kier molecular flexibility index (Phi) is 9.13. The predicted octanol–water partition coefficient (Wildman–Crippen LogP) is 5.58. The maximum atomic E-state index is 10.4. The molecule has 0 unspecified atom stereocenters. The van der Waals surface area contributed by atoms with Gasteiger partial charge >= 0.3 is 0 Å². The molecule has 24 heavy (non-hydrogen) atoms. The smallest absolute Gasteiger partial charge is 0.207 e. The number of allylic oxidation sites excluding steroid dienone is 1. The third kappa shape index (κ3) is 5.36. The molecule has 0 saturated heterocycles. The number of rotatable bonds is 11. The van der Waals surface area contributed by atoms with Crippen LogP contribution in [0.3, 0.4) is 0 Å². The Bertz CT molecular complexity index is 535. The van der Waals surface area contributed by atoms with Crippen LogP contribution in [0.5, 0.6) is 23.0 Å². The second kappa shape index (κ2) is 10.8. The summed E-state index contributed by atoms with van der Waals surface area (Å²) in [6.07, 6.45) is 13.8. The van der Waals surface area contributed by atoms with Gasteiger partial charge in [0.05, 0.1) is 14.2 Å². The second-order valence-corrected chi connectivity index (χ2v) is 6.11. The Balaban J connectivity index is 2.63. The minimum atomic E-state index is 0.000431. The summed E-state index contributed by atoms with van der Waals surface area (Å²) in [4.78, 5) is 0. The summed E-state index contributed by atoms with van der Waals surface area (Å²) in [7, 11) is 2.88. The van der Waals surface area contributed by atoms with Gasteiger partial charge < -0.3 is 19.7 Å². The number of phenolic OH excluding ortho intramolecular Hbond substituents is 2. The van der Waals surface area contributed by atoms with Crippen LogP contribution in [-0.2, 0) is 0 Å². The van der Waals surface area contributed by atoms with E-state index in [1.165, 1.54) is 52.7 Å². The summed E-state index contributed by atoms with van der Waals surface area (Å²) in [5.74, 6) is 0.330. The molecule has 0 aliphatic rings. The van der Waals surface area contributed by atoms with E-state index in [9.17, 15) is 10.2 Å². The van der Waals surface area contributed by atoms with E-state index in [1.54, 1.807) is 6.92 Å².